The normalized spacial score (nSPS) is 22.0. The van der Waals surface area contributed by atoms with Crippen LogP contribution in [0.25, 0.3) is 0 Å². The third-order valence-corrected chi connectivity index (χ3v) is 5.81. The van der Waals surface area contributed by atoms with Crippen LogP contribution in [0.4, 0.5) is 4.39 Å². The van der Waals surface area contributed by atoms with Crippen LogP contribution in [0, 0.1) is 0 Å². The van der Waals surface area contributed by atoms with Gasteiger partial charge in [-0.1, -0.05) is 30.9 Å². The molecule has 0 aromatic carbocycles. The van der Waals surface area contributed by atoms with Gasteiger partial charge < -0.3 is 14.9 Å². The highest BCUT2D eigenvalue weighted by atomic mass is 19.1. The molecule has 1 saturated heterocycles. The average Bonchev–Trinajstić information content (AvgIpc) is 2.77. The highest BCUT2D eigenvalue weighted by Crippen LogP contribution is 2.25. The number of nitrogens with zero attached hydrogens (tertiary/aromatic N) is 1. The van der Waals surface area contributed by atoms with E-state index in [4.69, 9.17) is 9.57 Å². The SMILES string of the molecule is C=C(CC(=O)NC1(C(=O)OC)CCN(OC)CC1)/C(C)=C\C=C(/C)C1=CCC(F)C=C1. The monoisotopic (exact) mass is 432 g/mol. The predicted molar refractivity (Wildman–Crippen MR) is 119 cm³/mol. The predicted octanol–water partition coefficient (Wildman–Crippen LogP) is 3.73. The Kier molecular flexibility index (Phi) is 8.95. The van der Waals surface area contributed by atoms with E-state index < -0.39 is 17.7 Å². The third-order valence-electron chi connectivity index (χ3n) is 5.81. The number of rotatable bonds is 8. The second kappa shape index (κ2) is 11.2. The van der Waals surface area contributed by atoms with Gasteiger partial charge in [0.2, 0.25) is 5.91 Å². The van der Waals surface area contributed by atoms with Gasteiger partial charge >= 0.3 is 5.97 Å². The molecule has 170 valence electrons. The van der Waals surface area contributed by atoms with Crippen LogP contribution >= 0.6 is 0 Å². The molecular weight excluding hydrogens is 399 g/mol. The fourth-order valence-corrected chi connectivity index (χ4v) is 3.62. The van der Waals surface area contributed by atoms with Crippen molar-refractivity contribution in [2.45, 2.75) is 51.2 Å². The number of methoxy groups -OCH3 is 1. The van der Waals surface area contributed by atoms with Gasteiger partial charge in [0.05, 0.1) is 20.6 Å². The molecule has 1 N–H and O–H groups in total. The minimum Gasteiger partial charge on any atom is -0.467 e. The molecule has 1 aliphatic heterocycles. The Balaban J connectivity index is 1.99. The van der Waals surface area contributed by atoms with Crippen molar-refractivity contribution in [1.82, 2.24) is 10.4 Å². The van der Waals surface area contributed by atoms with E-state index in [2.05, 4.69) is 11.9 Å². The maximum absolute atomic E-state index is 13.2. The van der Waals surface area contributed by atoms with Crippen molar-refractivity contribution in [2.24, 2.45) is 0 Å². The van der Waals surface area contributed by atoms with Crippen LogP contribution in [0.15, 0.2) is 59.3 Å². The van der Waals surface area contributed by atoms with Crippen molar-refractivity contribution in [3.63, 3.8) is 0 Å². The minimum atomic E-state index is -1.05. The number of halogens is 1. The van der Waals surface area contributed by atoms with Crippen molar-refractivity contribution in [2.75, 3.05) is 27.3 Å². The molecule has 1 unspecified atom stereocenters. The summed E-state index contributed by atoms with van der Waals surface area (Å²) >= 11 is 0. The number of hydrogen-bond donors (Lipinski definition) is 1. The molecule has 0 radical (unpaired) electrons. The number of alkyl halides is 1. The Hall–Kier alpha value is -2.51. The van der Waals surface area contributed by atoms with Crippen molar-refractivity contribution in [1.29, 1.82) is 0 Å². The number of piperidine rings is 1. The summed E-state index contributed by atoms with van der Waals surface area (Å²) in [6.07, 6.45) is 9.41. The molecule has 1 heterocycles. The molecule has 6 nitrogen and oxygen atoms in total. The molecule has 0 aromatic rings. The van der Waals surface area contributed by atoms with Gasteiger partial charge in [-0.05, 0) is 55.1 Å². The van der Waals surface area contributed by atoms with Crippen LogP contribution in [-0.2, 0) is 19.2 Å². The van der Waals surface area contributed by atoms with Gasteiger partial charge in [-0.25, -0.2) is 9.18 Å². The van der Waals surface area contributed by atoms with Crippen LogP contribution in [-0.4, -0.2) is 56.0 Å². The molecule has 2 rings (SSSR count). The number of hydrogen-bond acceptors (Lipinski definition) is 5. The number of ether oxygens (including phenoxy) is 1. The lowest BCUT2D eigenvalue weighted by Gasteiger charge is -2.39. The smallest absolute Gasteiger partial charge is 0.331 e. The quantitative estimate of drug-likeness (QED) is 0.468. The summed E-state index contributed by atoms with van der Waals surface area (Å²) in [6, 6.07) is 0. The van der Waals surface area contributed by atoms with Crippen LogP contribution in [0.2, 0.25) is 0 Å². The van der Waals surface area contributed by atoms with E-state index in [1.165, 1.54) is 7.11 Å². The molecule has 7 heteroatoms. The van der Waals surface area contributed by atoms with Gasteiger partial charge in [0.25, 0.3) is 0 Å². The van der Waals surface area contributed by atoms with Gasteiger partial charge in [0, 0.05) is 19.5 Å². The highest BCUT2D eigenvalue weighted by molar-refractivity contribution is 5.89. The summed E-state index contributed by atoms with van der Waals surface area (Å²) in [6.45, 7) is 8.90. The molecule has 0 saturated carbocycles. The summed E-state index contributed by atoms with van der Waals surface area (Å²) < 4.78 is 18.2. The van der Waals surface area contributed by atoms with E-state index in [1.54, 1.807) is 24.3 Å². The lowest BCUT2D eigenvalue weighted by atomic mass is 9.87. The molecule has 1 amide bonds. The number of hydroxylamine groups is 2. The highest BCUT2D eigenvalue weighted by Gasteiger charge is 2.44. The lowest BCUT2D eigenvalue weighted by molar-refractivity contribution is -0.171. The Morgan fingerprint density at radius 1 is 1.29 bits per heavy atom. The largest absolute Gasteiger partial charge is 0.467 e. The van der Waals surface area contributed by atoms with Gasteiger partial charge in [-0.3, -0.25) is 4.79 Å². The second-order valence-corrected chi connectivity index (χ2v) is 7.98. The van der Waals surface area contributed by atoms with E-state index in [0.29, 0.717) is 37.9 Å². The van der Waals surface area contributed by atoms with E-state index in [-0.39, 0.29) is 12.3 Å². The number of esters is 1. The fraction of sp³-hybridized carbons (Fsp3) is 0.500. The first kappa shape index (κ1) is 24.8. The number of nitrogens with one attached hydrogen (secondary N) is 1. The maximum atomic E-state index is 13.2. The zero-order chi connectivity index (χ0) is 23.0. The Morgan fingerprint density at radius 2 is 1.97 bits per heavy atom. The summed E-state index contributed by atoms with van der Waals surface area (Å²) in [5.74, 6) is -0.723. The Labute approximate surface area is 184 Å². The van der Waals surface area contributed by atoms with Crippen LogP contribution in [0.1, 0.15) is 39.5 Å². The number of carbonyl (C=O) groups is 2. The zero-order valence-electron chi connectivity index (χ0n) is 18.9. The van der Waals surface area contributed by atoms with E-state index in [9.17, 15) is 14.0 Å². The van der Waals surface area contributed by atoms with Gasteiger partial charge in [-0.15, -0.1) is 0 Å². The van der Waals surface area contributed by atoms with Crippen molar-refractivity contribution < 1.29 is 23.6 Å². The third kappa shape index (κ3) is 6.74. The minimum absolute atomic E-state index is 0.0775. The maximum Gasteiger partial charge on any atom is 0.331 e. The molecule has 1 aliphatic carbocycles. The summed E-state index contributed by atoms with van der Waals surface area (Å²) in [7, 11) is 2.90. The van der Waals surface area contributed by atoms with Crippen molar-refractivity contribution >= 4 is 11.9 Å². The van der Waals surface area contributed by atoms with E-state index in [0.717, 1.165) is 16.7 Å². The van der Waals surface area contributed by atoms with Gasteiger partial charge in [0.1, 0.15) is 11.7 Å². The van der Waals surface area contributed by atoms with E-state index >= 15 is 0 Å². The molecule has 1 fully saturated rings. The molecule has 0 bridgehead atoms. The molecule has 2 aliphatic rings. The summed E-state index contributed by atoms with van der Waals surface area (Å²) in [4.78, 5) is 30.3. The fourth-order valence-electron chi connectivity index (χ4n) is 3.62. The first-order chi connectivity index (χ1) is 14.7. The van der Waals surface area contributed by atoms with Crippen LogP contribution in [0.3, 0.4) is 0 Å². The lowest BCUT2D eigenvalue weighted by Crippen LogP contribution is -2.60. The number of amides is 1. The molecule has 1 atom stereocenters. The van der Waals surface area contributed by atoms with Crippen molar-refractivity contribution in [3.05, 3.63) is 59.3 Å². The van der Waals surface area contributed by atoms with E-state index in [1.807, 2.05) is 32.1 Å². The Bertz CT molecular complexity index is 817. The first-order valence-corrected chi connectivity index (χ1v) is 10.5. The van der Waals surface area contributed by atoms with Gasteiger partial charge in [0.15, 0.2) is 0 Å². The summed E-state index contributed by atoms with van der Waals surface area (Å²) in [5.41, 5.74) is 2.47. The molecule has 0 aromatic heterocycles. The number of allylic oxidation sites excluding steroid dienone is 8. The standard InChI is InChI=1S/C24H33FN2O4/c1-17(6-7-18(2)20-8-10-21(25)11-9-20)19(3)16-22(28)26-24(23(29)30-4)12-14-27(31-5)15-13-24/h6-10,21H,3,11-16H2,1-2,4-5H3,(H,26,28)/b17-6-,18-7+. The van der Waals surface area contributed by atoms with Crippen LogP contribution < -0.4 is 5.32 Å². The second-order valence-electron chi connectivity index (χ2n) is 7.98. The molecule has 0 spiro atoms. The Morgan fingerprint density at radius 3 is 2.52 bits per heavy atom. The van der Waals surface area contributed by atoms with Crippen molar-refractivity contribution in [3.8, 4) is 0 Å². The average molecular weight is 433 g/mol. The topological polar surface area (TPSA) is 67.9 Å². The first-order valence-electron chi connectivity index (χ1n) is 10.5. The summed E-state index contributed by atoms with van der Waals surface area (Å²) in [5, 5.41) is 4.63. The number of carbonyl (C=O) groups excluding carboxylic acids is 2. The molecular formula is C24H33FN2O4. The van der Waals surface area contributed by atoms with Crippen LogP contribution in [0.5, 0.6) is 0 Å². The molecule has 31 heavy (non-hydrogen) atoms. The zero-order valence-corrected chi connectivity index (χ0v) is 18.9. The van der Waals surface area contributed by atoms with Gasteiger partial charge in [-0.2, -0.15) is 5.06 Å².